The molecule has 1 N–H and O–H groups in total. The fourth-order valence-electron chi connectivity index (χ4n) is 3.04. The standard InChI is InChI=1S/C20H20FIN4O3/c1-20(2,3)16(25-9-8-15(27)14(10-25)19(28)29)11-26-18(22)17(23-24-26)12-4-6-13(21)7-5-12/h4-10,16H,11H2,1-3H3,(H,28,29)/t16-/m0/s1. The van der Waals surface area contributed by atoms with E-state index in [1.54, 1.807) is 27.6 Å². The Morgan fingerprint density at radius 1 is 1.24 bits per heavy atom. The summed E-state index contributed by atoms with van der Waals surface area (Å²) in [5.74, 6) is -1.58. The van der Waals surface area contributed by atoms with E-state index >= 15 is 0 Å². The summed E-state index contributed by atoms with van der Waals surface area (Å²) in [6, 6.07) is 7.10. The highest BCUT2D eigenvalue weighted by Crippen LogP contribution is 2.33. The average molecular weight is 510 g/mol. The van der Waals surface area contributed by atoms with Crippen LogP contribution in [0.2, 0.25) is 0 Å². The number of pyridine rings is 1. The van der Waals surface area contributed by atoms with Crippen molar-refractivity contribution >= 4 is 28.6 Å². The van der Waals surface area contributed by atoms with Gasteiger partial charge in [-0.15, -0.1) is 5.10 Å². The van der Waals surface area contributed by atoms with Crippen LogP contribution in [0.1, 0.15) is 37.2 Å². The summed E-state index contributed by atoms with van der Waals surface area (Å²) in [6.45, 7) is 6.50. The topological polar surface area (TPSA) is 90.0 Å². The minimum atomic E-state index is -1.26. The Morgan fingerprint density at radius 3 is 2.48 bits per heavy atom. The molecule has 9 heteroatoms. The molecule has 0 radical (unpaired) electrons. The summed E-state index contributed by atoms with van der Waals surface area (Å²) in [5, 5.41) is 17.8. The highest BCUT2D eigenvalue weighted by molar-refractivity contribution is 14.1. The van der Waals surface area contributed by atoms with E-state index in [0.717, 1.165) is 9.26 Å². The van der Waals surface area contributed by atoms with Crippen LogP contribution in [0.4, 0.5) is 4.39 Å². The van der Waals surface area contributed by atoms with Crippen LogP contribution in [-0.2, 0) is 6.54 Å². The molecule has 3 aromatic rings. The van der Waals surface area contributed by atoms with E-state index in [0.29, 0.717) is 12.2 Å². The highest BCUT2D eigenvalue weighted by Gasteiger charge is 2.28. The van der Waals surface area contributed by atoms with Gasteiger partial charge in [0.2, 0.25) is 0 Å². The van der Waals surface area contributed by atoms with Crippen LogP contribution in [0.15, 0.2) is 47.5 Å². The molecule has 7 nitrogen and oxygen atoms in total. The van der Waals surface area contributed by atoms with Crippen LogP contribution in [0.3, 0.4) is 0 Å². The van der Waals surface area contributed by atoms with Gasteiger partial charge in [0.05, 0.1) is 12.6 Å². The van der Waals surface area contributed by atoms with Gasteiger partial charge in [0.15, 0.2) is 5.43 Å². The minimum absolute atomic E-state index is 0.197. The highest BCUT2D eigenvalue weighted by atomic mass is 127. The molecular formula is C20H20FIN4O3. The van der Waals surface area contributed by atoms with Crippen LogP contribution >= 0.6 is 22.6 Å². The molecule has 0 unspecified atom stereocenters. The van der Waals surface area contributed by atoms with Crippen LogP contribution in [0, 0.1) is 14.9 Å². The van der Waals surface area contributed by atoms with Crippen molar-refractivity contribution in [1.29, 1.82) is 0 Å². The molecule has 0 saturated heterocycles. The molecule has 0 aliphatic heterocycles. The molecule has 2 aromatic heterocycles. The molecule has 29 heavy (non-hydrogen) atoms. The van der Waals surface area contributed by atoms with Gasteiger partial charge in [0.25, 0.3) is 0 Å². The third-order valence-corrected chi connectivity index (χ3v) is 5.74. The fourth-order valence-corrected chi connectivity index (χ4v) is 3.75. The van der Waals surface area contributed by atoms with Gasteiger partial charge < -0.3 is 9.67 Å². The molecule has 0 fully saturated rings. The first kappa shape index (κ1) is 21.2. The van der Waals surface area contributed by atoms with E-state index in [1.165, 1.54) is 24.4 Å². The van der Waals surface area contributed by atoms with Gasteiger partial charge in [0.1, 0.15) is 20.8 Å². The Labute approximate surface area is 180 Å². The Balaban J connectivity index is 1.99. The van der Waals surface area contributed by atoms with Gasteiger partial charge in [-0.3, -0.25) is 4.79 Å². The molecule has 0 spiro atoms. The largest absolute Gasteiger partial charge is 0.477 e. The van der Waals surface area contributed by atoms with Gasteiger partial charge in [-0.1, -0.05) is 26.0 Å². The van der Waals surface area contributed by atoms with E-state index in [9.17, 15) is 19.1 Å². The van der Waals surface area contributed by atoms with Gasteiger partial charge in [-0.05, 0) is 52.3 Å². The second-order valence-corrected chi connectivity index (χ2v) is 8.80. The van der Waals surface area contributed by atoms with Crippen molar-refractivity contribution in [3.8, 4) is 11.3 Å². The zero-order valence-electron chi connectivity index (χ0n) is 16.1. The molecule has 3 rings (SSSR count). The summed E-state index contributed by atoms with van der Waals surface area (Å²) in [6.07, 6.45) is 2.96. The maximum atomic E-state index is 13.2. The Kier molecular flexibility index (Phi) is 5.87. The number of benzene rings is 1. The van der Waals surface area contributed by atoms with Gasteiger partial charge in [-0.25, -0.2) is 13.9 Å². The molecule has 152 valence electrons. The van der Waals surface area contributed by atoms with Crippen LogP contribution in [-0.4, -0.2) is 30.6 Å². The first-order valence-electron chi connectivity index (χ1n) is 8.88. The average Bonchev–Trinajstić information content (AvgIpc) is 3.00. The molecule has 0 amide bonds. The smallest absolute Gasteiger partial charge is 0.341 e. The number of hydrogen-bond donors (Lipinski definition) is 1. The molecule has 0 aliphatic rings. The zero-order chi connectivity index (χ0) is 21.3. The first-order chi connectivity index (χ1) is 13.6. The SMILES string of the molecule is CC(C)(C)[C@H](Cn1nnc(-c2ccc(F)cc2)c1I)n1ccc(=O)c(C(=O)O)c1. The Hall–Kier alpha value is -2.56. The third kappa shape index (κ3) is 4.55. The molecular weight excluding hydrogens is 490 g/mol. The Morgan fingerprint density at radius 2 is 1.90 bits per heavy atom. The molecule has 0 bridgehead atoms. The van der Waals surface area contributed by atoms with Crippen molar-refractivity contribution in [3.63, 3.8) is 0 Å². The maximum absolute atomic E-state index is 13.2. The molecule has 0 saturated carbocycles. The summed E-state index contributed by atoms with van der Waals surface area (Å²) >= 11 is 2.14. The van der Waals surface area contributed by atoms with Crippen molar-refractivity contribution in [2.24, 2.45) is 5.41 Å². The number of carboxylic acid groups (broad SMARTS) is 1. The minimum Gasteiger partial charge on any atom is -0.477 e. The molecule has 2 heterocycles. The third-order valence-electron chi connectivity index (χ3n) is 4.67. The summed E-state index contributed by atoms with van der Waals surface area (Å²) in [7, 11) is 0. The zero-order valence-corrected chi connectivity index (χ0v) is 18.3. The lowest BCUT2D eigenvalue weighted by Gasteiger charge is -2.33. The number of aromatic carboxylic acids is 1. The van der Waals surface area contributed by atoms with Crippen LogP contribution in [0.25, 0.3) is 11.3 Å². The second kappa shape index (κ2) is 8.05. The fraction of sp³-hybridized carbons (Fsp3) is 0.300. The first-order valence-corrected chi connectivity index (χ1v) is 9.96. The van der Waals surface area contributed by atoms with Crippen molar-refractivity contribution in [3.05, 3.63) is 68.0 Å². The number of aromatic nitrogens is 4. The Bertz CT molecular complexity index is 1100. The predicted molar refractivity (Wildman–Crippen MR) is 114 cm³/mol. The van der Waals surface area contributed by atoms with Crippen LogP contribution in [0.5, 0.6) is 0 Å². The lowest BCUT2D eigenvalue weighted by atomic mass is 9.86. The normalized spacial score (nSPS) is 12.7. The monoisotopic (exact) mass is 510 g/mol. The lowest BCUT2D eigenvalue weighted by molar-refractivity contribution is 0.0693. The van der Waals surface area contributed by atoms with E-state index in [2.05, 4.69) is 32.9 Å². The van der Waals surface area contributed by atoms with Crippen molar-refractivity contribution in [1.82, 2.24) is 19.6 Å². The van der Waals surface area contributed by atoms with Gasteiger partial charge in [0, 0.05) is 24.0 Å². The number of hydrogen-bond acceptors (Lipinski definition) is 4. The number of rotatable bonds is 5. The summed E-state index contributed by atoms with van der Waals surface area (Å²) in [5.41, 5.74) is 0.322. The molecule has 0 aliphatic carbocycles. The van der Waals surface area contributed by atoms with Gasteiger partial charge >= 0.3 is 5.97 Å². The van der Waals surface area contributed by atoms with Crippen molar-refractivity contribution < 1.29 is 14.3 Å². The van der Waals surface area contributed by atoms with Crippen molar-refractivity contribution in [2.75, 3.05) is 0 Å². The molecule has 1 aromatic carbocycles. The van der Waals surface area contributed by atoms with E-state index in [1.807, 2.05) is 20.8 Å². The summed E-state index contributed by atoms with van der Waals surface area (Å²) in [4.78, 5) is 23.2. The quantitative estimate of drug-likeness (QED) is 0.527. The van der Waals surface area contributed by atoms with Crippen molar-refractivity contribution in [2.45, 2.75) is 33.4 Å². The van der Waals surface area contributed by atoms with Crippen LogP contribution < -0.4 is 5.43 Å². The number of carbonyl (C=O) groups is 1. The number of nitrogens with zero attached hydrogens (tertiary/aromatic N) is 4. The number of carboxylic acids is 1. The summed E-state index contributed by atoms with van der Waals surface area (Å²) < 4.78 is 17.5. The van der Waals surface area contributed by atoms with E-state index in [-0.39, 0.29) is 22.8 Å². The van der Waals surface area contributed by atoms with Gasteiger partial charge in [-0.2, -0.15) is 0 Å². The molecule has 1 atom stereocenters. The lowest BCUT2D eigenvalue weighted by Crippen LogP contribution is -2.31. The maximum Gasteiger partial charge on any atom is 0.341 e. The number of halogens is 2. The second-order valence-electron chi connectivity index (χ2n) is 7.77. The van der Waals surface area contributed by atoms with E-state index in [4.69, 9.17) is 0 Å². The predicted octanol–water partition coefficient (Wildman–Crippen LogP) is 3.84. The van der Waals surface area contributed by atoms with E-state index < -0.39 is 11.4 Å².